The Morgan fingerprint density at radius 3 is 2.04 bits per heavy atom. The number of methoxy groups -OCH3 is 4. The smallest absolute Gasteiger partial charge is 0.183 e. The minimum absolute atomic E-state index is 0. The third kappa shape index (κ3) is 3.43. The maximum absolute atomic E-state index is 5.41. The number of hydrogen-bond donors (Lipinski definition) is 1. The number of aromatic amines is 1. The van der Waals surface area contributed by atoms with Crippen LogP contribution in [0.3, 0.4) is 0 Å². The molecule has 1 heterocycles. The van der Waals surface area contributed by atoms with E-state index in [-0.39, 0.29) is 18.6 Å². The van der Waals surface area contributed by atoms with Gasteiger partial charge in [-0.05, 0) is 24.1 Å². The molecule has 26 heavy (non-hydrogen) atoms. The number of rotatable bonds is 6. The molecule has 7 heteroatoms. The predicted octanol–water partition coefficient (Wildman–Crippen LogP) is 3.50. The van der Waals surface area contributed by atoms with Gasteiger partial charge in [0.15, 0.2) is 5.75 Å². The van der Waals surface area contributed by atoms with Crippen molar-refractivity contribution in [3.05, 3.63) is 47.5 Å². The van der Waals surface area contributed by atoms with Crippen molar-refractivity contribution in [2.75, 3.05) is 28.4 Å². The van der Waals surface area contributed by atoms with Crippen LogP contribution in [0, 0.1) is 13.3 Å². The zero-order valence-corrected chi connectivity index (χ0v) is 16.8. The van der Waals surface area contributed by atoms with Crippen LogP contribution < -0.4 is 18.9 Å². The summed E-state index contributed by atoms with van der Waals surface area (Å²) in [5.74, 6) is 2.60. The molecule has 0 saturated carbocycles. The molecule has 0 aliphatic carbocycles. The average Bonchev–Trinajstić information content (AvgIpc) is 3.04. The van der Waals surface area contributed by atoms with Gasteiger partial charge >= 0.3 is 0 Å². The first-order valence-electron chi connectivity index (χ1n) is 7.79. The van der Waals surface area contributed by atoms with E-state index < -0.39 is 0 Å². The molecule has 0 amide bonds. The van der Waals surface area contributed by atoms with Gasteiger partial charge in [-0.15, -0.1) is 12.0 Å². The first-order chi connectivity index (χ1) is 12.1. The fourth-order valence-electron chi connectivity index (χ4n) is 2.90. The van der Waals surface area contributed by atoms with Crippen LogP contribution in [0.4, 0.5) is 0 Å². The van der Waals surface area contributed by atoms with Crippen molar-refractivity contribution in [3.63, 3.8) is 0 Å². The summed E-state index contributed by atoms with van der Waals surface area (Å²) in [4.78, 5) is 0. The molecule has 1 radical (unpaired) electrons. The molecule has 0 aliphatic rings. The summed E-state index contributed by atoms with van der Waals surface area (Å²) in [6, 6.07) is 7.73. The number of nitrogens with zero attached hydrogens (tertiary/aromatic N) is 1. The zero-order valence-electron chi connectivity index (χ0n) is 15.4. The summed E-state index contributed by atoms with van der Waals surface area (Å²) in [5.41, 5.74) is 3.70. The second-order valence-electron chi connectivity index (χ2n) is 5.53. The topological polar surface area (TPSA) is 65.6 Å². The molecule has 0 spiro atoms. The molecular weight excluding hydrogens is 371 g/mol. The molecule has 2 aromatic carbocycles. The largest absolute Gasteiger partial charge is 0.503 e. The zero-order chi connectivity index (χ0) is 18.0. The van der Waals surface area contributed by atoms with E-state index in [9.17, 15) is 0 Å². The average molecular weight is 392 g/mol. The first kappa shape index (κ1) is 19.9. The summed E-state index contributed by atoms with van der Waals surface area (Å²) in [6.07, 6.45) is 1.99. The van der Waals surface area contributed by atoms with E-state index in [1.165, 1.54) is 0 Å². The Hall–Kier alpha value is -2.44. The Bertz CT molecular complexity index is 883. The second kappa shape index (κ2) is 8.30. The van der Waals surface area contributed by atoms with E-state index in [2.05, 4.69) is 10.2 Å². The molecule has 0 atom stereocenters. The van der Waals surface area contributed by atoms with Crippen molar-refractivity contribution < 1.29 is 37.5 Å². The number of nitrogens with one attached hydrogen (secondary N) is 1. The third-order valence-electron chi connectivity index (χ3n) is 4.18. The Labute approximate surface area is 164 Å². The standard InChI is InChI=1S/C19H21N2O4.V/c1-11-15(22-2)7-6-13-14(20-21-18(11)13)8-12-9-16(23-3)19(25-5)17(10-12)24-4;/h6-10H,1-5H3,(H,20,21);/q-1;. The van der Waals surface area contributed by atoms with Crippen LogP contribution in [0.25, 0.3) is 10.9 Å². The van der Waals surface area contributed by atoms with Gasteiger partial charge in [0.05, 0.1) is 34.0 Å². The number of aryl methyl sites for hydroxylation is 1. The minimum atomic E-state index is 0. The van der Waals surface area contributed by atoms with Crippen molar-refractivity contribution in [2.24, 2.45) is 0 Å². The summed E-state index contributed by atoms with van der Waals surface area (Å²) >= 11 is 0. The van der Waals surface area contributed by atoms with Crippen LogP contribution >= 0.6 is 0 Å². The van der Waals surface area contributed by atoms with Crippen LogP contribution in [0.1, 0.15) is 16.8 Å². The van der Waals surface area contributed by atoms with E-state index >= 15 is 0 Å². The maximum atomic E-state index is 5.41. The normalized spacial score (nSPS) is 10.2. The molecule has 0 fully saturated rings. The molecular formula is C19H21N2O4V-. The quantitative estimate of drug-likeness (QED) is 0.651. The number of fused-ring (bicyclic) bond motifs is 1. The van der Waals surface area contributed by atoms with Gasteiger partial charge in [-0.1, -0.05) is 18.2 Å². The van der Waals surface area contributed by atoms with Crippen molar-refractivity contribution in [1.29, 1.82) is 0 Å². The summed E-state index contributed by atoms with van der Waals surface area (Å²) in [6.45, 7) is 1.99. The van der Waals surface area contributed by atoms with Gasteiger partial charge in [-0.3, -0.25) is 5.10 Å². The van der Waals surface area contributed by atoms with Crippen LogP contribution in [-0.2, 0) is 18.6 Å². The molecule has 3 rings (SSSR count). The monoisotopic (exact) mass is 392 g/mol. The van der Waals surface area contributed by atoms with Gasteiger partial charge in [-0.2, -0.15) is 5.10 Å². The maximum Gasteiger partial charge on any atom is 0.183 e. The third-order valence-corrected chi connectivity index (χ3v) is 4.18. The Balaban J connectivity index is 0.00000243. The number of hydrogen-bond acceptors (Lipinski definition) is 5. The van der Waals surface area contributed by atoms with Gasteiger partial charge < -0.3 is 18.9 Å². The van der Waals surface area contributed by atoms with Crippen LogP contribution in [0.15, 0.2) is 24.3 Å². The fourth-order valence-corrected chi connectivity index (χ4v) is 2.90. The summed E-state index contributed by atoms with van der Waals surface area (Å²) < 4.78 is 21.5. The van der Waals surface area contributed by atoms with E-state index in [0.29, 0.717) is 17.2 Å². The number of benzene rings is 2. The molecule has 1 N–H and O–H groups in total. The molecule has 1 aromatic heterocycles. The Kier molecular flexibility index (Phi) is 6.34. The molecule has 6 nitrogen and oxygen atoms in total. The van der Waals surface area contributed by atoms with E-state index in [1.807, 2.05) is 37.6 Å². The van der Waals surface area contributed by atoms with Crippen molar-refractivity contribution in [2.45, 2.75) is 6.92 Å². The summed E-state index contributed by atoms with van der Waals surface area (Å²) in [7, 11) is 6.44. The number of ether oxygens (including phenoxy) is 4. The van der Waals surface area contributed by atoms with Crippen molar-refractivity contribution in [1.82, 2.24) is 10.2 Å². The van der Waals surface area contributed by atoms with Crippen LogP contribution in [0.5, 0.6) is 23.0 Å². The van der Waals surface area contributed by atoms with Gasteiger partial charge in [0.2, 0.25) is 0 Å². The Morgan fingerprint density at radius 2 is 1.50 bits per heavy atom. The van der Waals surface area contributed by atoms with E-state index in [1.54, 1.807) is 28.4 Å². The molecule has 3 aromatic rings. The fraction of sp³-hybridized carbons (Fsp3) is 0.263. The molecule has 137 valence electrons. The van der Waals surface area contributed by atoms with Gasteiger partial charge in [0, 0.05) is 24.1 Å². The van der Waals surface area contributed by atoms with Gasteiger partial charge in [0.1, 0.15) is 17.2 Å². The minimum Gasteiger partial charge on any atom is -0.503 e. The SMILES string of the molecule is COc1cc([CH-]c2[nH]nc3c(C)c(OC)ccc23)cc(OC)c1OC.[V]. The Morgan fingerprint density at radius 1 is 0.885 bits per heavy atom. The molecule has 0 bridgehead atoms. The van der Waals surface area contributed by atoms with E-state index in [4.69, 9.17) is 18.9 Å². The van der Waals surface area contributed by atoms with Crippen molar-refractivity contribution >= 4 is 10.9 Å². The second-order valence-corrected chi connectivity index (χ2v) is 5.53. The molecule has 0 saturated heterocycles. The number of H-pyrrole nitrogens is 1. The van der Waals surface area contributed by atoms with Crippen LogP contribution in [-0.4, -0.2) is 38.6 Å². The van der Waals surface area contributed by atoms with E-state index in [0.717, 1.165) is 33.5 Å². The molecule has 0 unspecified atom stereocenters. The van der Waals surface area contributed by atoms with Gasteiger partial charge in [0.25, 0.3) is 0 Å². The number of aromatic nitrogens is 2. The van der Waals surface area contributed by atoms with Gasteiger partial charge in [-0.25, -0.2) is 0 Å². The predicted molar refractivity (Wildman–Crippen MR) is 96.0 cm³/mol. The van der Waals surface area contributed by atoms with Crippen LogP contribution in [0.2, 0.25) is 0 Å². The summed E-state index contributed by atoms with van der Waals surface area (Å²) in [5, 5.41) is 8.52. The first-order valence-corrected chi connectivity index (χ1v) is 7.79. The van der Waals surface area contributed by atoms with Crippen molar-refractivity contribution in [3.8, 4) is 23.0 Å². The molecule has 0 aliphatic heterocycles.